The van der Waals surface area contributed by atoms with Crippen LogP contribution >= 0.6 is 0 Å². The van der Waals surface area contributed by atoms with E-state index in [0.717, 1.165) is 71.2 Å². The maximum atomic E-state index is 14.0. The highest BCUT2D eigenvalue weighted by atomic mass is 19.4. The van der Waals surface area contributed by atoms with Crippen LogP contribution in [0.1, 0.15) is 35.1 Å². The molecule has 1 atom stereocenters. The van der Waals surface area contributed by atoms with Crippen molar-refractivity contribution in [3.8, 4) is 22.6 Å². The lowest BCUT2D eigenvalue weighted by atomic mass is 9.96. The molecule has 0 radical (unpaired) electrons. The summed E-state index contributed by atoms with van der Waals surface area (Å²) in [6, 6.07) is 9.02. The third kappa shape index (κ3) is 5.67. The zero-order chi connectivity index (χ0) is 27.9. The first-order chi connectivity index (χ1) is 18.5. The summed E-state index contributed by atoms with van der Waals surface area (Å²) in [6.45, 7) is 6.15. The predicted molar refractivity (Wildman–Crippen MR) is 144 cm³/mol. The lowest BCUT2D eigenvalue weighted by Gasteiger charge is -2.23. The number of rotatable bonds is 6. The number of benzene rings is 2. The van der Waals surface area contributed by atoms with E-state index in [1.807, 2.05) is 33.0 Å². The first kappa shape index (κ1) is 26.8. The van der Waals surface area contributed by atoms with Crippen molar-refractivity contribution in [2.24, 2.45) is 0 Å². The number of pyridine rings is 1. The van der Waals surface area contributed by atoms with E-state index in [1.54, 1.807) is 6.20 Å². The van der Waals surface area contributed by atoms with Gasteiger partial charge in [-0.25, -0.2) is 9.97 Å². The van der Waals surface area contributed by atoms with Gasteiger partial charge in [0.05, 0.1) is 16.6 Å². The zero-order valence-corrected chi connectivity index (χ0v) is 22.0. The molecular formula is C29H30F3N5O2. The molecule has 0 aliphatic carbocycles. The third-order valence-corrected chi connectivity index (χ3v) is 7.06. The number of halogens is 3. The van der Waals surface area contributed by atoms with E-state index in [9.17, 15) is 23.1 Å². The summed E-state index contributed by atoms with van der Waals surface area (Å²) in [5.41, 5.74) is 2.95. The predicted octanol–water partition coefficient (Wildman–Crippen LogP) is 4.97. The van der Waals surface area contributed by atoms with Gasteiger partial charge in [-0.05, 0) is 63.5 Å². The molecular weight excluding hydrogens is 507 g/mol. The van der Waals surface area contributed by atoms with E-state index in [1.165, 1.54) is 0 Å². The maximum Gasteiger partial charge on any atom is 0.416 e. The third-order valence-electron chi connectivity index (χ3n) is 7.06. The Morgan fingerprint density at radius 3 is 2.51 bits per heavy atom. The fourth-order valence-corrected chi connectivity index (χ4v) is 5.39. The molecule has 0 unspecified atom stereocenters. The number of hydrogen-bond donors (Lipinski definition) is 2. The zero-order valence-electron chi connectivity index (χ0n) is 22.0. The largest absolute Gasteiger partial charge is 0.508 e. The molecule has 3 heterocycles. The minimum Gasteiger partial charge on any atom is -0.508 e. The van der Waals surface area contributed by atoms with E-state index in [-0.39, 0.29) is 16.7 Å². The average molecular weight is 538 g/mol. The molecule has 1 aliphatic rings. The van der Waals surface area contributed by atoms with Crippen LogP contribution in [-0.2, 0) is 12.7 Å². The molecule has 2 N–H and O–H groups in total. The Kier molecular flexibility index (Phi) is 7.17. The fraction of sp³-hybridized carbons (Fsp3) is 0.345. The van der Waals surface area contributed by atoms with E-state index in [4.69, 9.17) is 0 Å². The lowest BCUT2D eigenvalue weighted by Crippen LogP contribution is -2.35. The van der Waals surface area contributed by atoms with Crippen LogP contribution in [0.25, 0.3) is 27.8 Å². The molecule has 0 spiro atoms. The molecule has 1 fully saturated rings. The number of aromatic nitrogens is 3. The Balaban J connectivity index is 1.71. The van der Waals surface area contributed by atoms with Crippen molar-refractivity contribution in [3.05, 3.63) is 81.5 Å². The monoisotopic (exact) mass is 537 g/mol. The van der Waals surface area contributed by atoms with Crippen molar-refractivity contribution in [1.29, 1.82) is 0 Å². The van der Waals surface area contributed by atoms with E-state index in [2.05, 4.69) is 26.3 Å². The number of phenols is 1. The molecule has 7 nitrogen and oxygen atoms in total. The minimum absolute atomic E-state index is 0.131. The normalized spacial score (nSPS) is 15.9. The smallest absolute Gasteiger partial charge is 0.416 e. The second-order valence-corrected chi connectivity index (χ2v) is 10.4. The number of nitrogens with zero attached hydrogens (tertiary/aromatic N) is 4. The summed E-state index contributed by atoms with van der Waals surface area (Å²) in [5.74, 6) is -0.599. The molecule has 0 bridgehead atoms. The summed E-state index contributed by atoms with van der Waals surface area (Å²) < 4.78 is 41.4. The fourth-order valence-electron chi connectivity index (χ4n) is 5.39. The molecule has 2 aromatic heterocycles. The van der Waals surface area contributed by atoms with Crippen LogP contribution in [0, 0.1) is 13.8 Å². The summed E-state index contributed by atoms with van der Waals surface area (Å²) in [5, 5.41) is 13.7. The lowest BCUT2D eigenvalue weighted by molar-refractivity contribution is -0.137. The number of likely N-dealkylation sites (N-methyl/N-ethyl adjacent to an activating group) is 1. The van der Waals surface area contributed by atoms with Crippen molar-refractivity contribution >= 4 is 11.0 Å². The second kappa shape index (κ2) is 10.4. The van der Waals surface area contributed by atoms with Gasteiger partial charge < -0.3 is 15.3 Å². The summed E-state index contributed by atoms with van der Waals surface area (Å²) in [4.78, 5) is 24.9. The molecule has 10 heteroatoms. The molecule has 5 rings (SSSR count). The van der Waals surface area contributed by atoms with Gasteiger partial charge in [0.1, 0.15) is 12.1 Å². The first-order valence-corrected chi connectivity index (χ1v) is 12.8. The van der Waals surface area contributed by atoms with Gasteiger partial charge in [0.15, 0.2) is 5.65 Å². The molecule has 1 aliphatic heterocycles. The van der Waals surface area contributed by atoms with Gasteiger partial charge in [0.25, 0.3) is 5.56 Å². The van der Waals surface area contributed by atoms with Gasteiger partial charge in [-0.3, -0.25) is 9.36 Å². The van der Waals surface area contributed by atoms with Gasteiger partial charge >= 0.3 is 6.18 Å². The molecule has 39 heavy (non-hydrogen) atoms. The second-order valence-electron chi connectivity index (χ2n) is 10.4. The molecule has 0 saturated carbocycles. The van der Waals surface area contributed by atoms with Gasteiger partial charge in [-0.1, -0.05) is 29.3 Å². The van der Waals surface area contributed by atoms with Gasteiger partial charge in [0.2, 0.25) is 0 Å². The van der Waals surface area contributed by atoms with Gasteiger partial charge in [0, 0.05) is 37.0 Å². The minimum atomic E-state index is -4.69. The van der Waals surface area contributed by atoms with Crippen molar-refractivity contribution < 1.29 is 18.3 Å². The number of phenolic OH excluding ortho intramolecular Hbond substituents is 1. The highest BCUT2D eigenvalue weighted by Gasteiger charge is 2.32. The highest BCUT2D eigenvalue weighted by Crippen LogP contribution is 2.34. The summed E-state index contributed by atoms with van der Waals surface area (Å²) in [6.07, 6.45) is 0.350. The number of fused-ring (bicyclic) bond motifs is 1. The number of hydrogen-bond acceptors (Lipinski definition) is 6. The molecule has 2 aromatic carbocycles. The Hall–Kier alpha value is -3.76. The average Bonchev–Trinajstić information content (AvgIpc) is 3.35. The first-order valence-electron chi connectivity index (χ1n) is 12.8. The standard InChI is InChI=1S/C29H30F3N5O2/c1-17-7-18(2)9-19(8-17)24-13-34-27-26(25(24)15-36(3)14-21-5-4-6-33-21)28(39)37(16-35-27)22-10-20(29(30,31)32)11-23(38)12-22/h7-13,16,21,33,38H,4-6,14-15H2,1-3H3/t21-/m0/s1. The Morgan fingerprint density at radius 1 is 1.10 bits per heavy atom. The van der Waals surface area contributed by atoms with Crippen LogP contribution in [0.15, 0.2) is 53.7 Å². The topological polar surface area (TPSA) is 83.3 Å². The maximum absolute atomic E-state index is 14.0. The molecule has 204 valence electrons. The quantitative estimate of drug-likeness (QED) is 0.361. The van der Waals surface area contributed by atoms with Crippen molar-refractivity contribution in [2.45, 2.75) is 45.5 Å². The molecule has 4 aromatic rings. The highest BCUT2D eigenvalue weighted by molar-refractivity contribution is 5.86. The van der Waals surface area contributed by atoms with Gasteiger partial charge in [-0.2, -0.15) is 13.2 Å². The van der Waals surface area contributed by atoms with E-state index >= 15 is 0 Å². The molecule has 1 saturated heterocycles. The van der Waals surface area contributed by atoms with Crippen molar-refractivity contribution in [3.63, 3.8) is 0 Å². The Morgan fingerprint density at radius 2 is 1.85 bits per heavy atom. The SMILES string of the molecule is Cc1cc(C)cc(-c2cnc3ncn(-c4cc(O)cc(C(F)(F)F)c4)c(=O)c3c2CN(C)C[C@@H]2CCCN2)c1. The van der Waals surface area contributed by atoms with Crippen LogP contribution in [0.2, 0.25) is 0 Å². The number of aromatic hydroxyl groups is 1. The molecule has 0 amide bonds. The van der Waals surface area contributed by atoms with Crippen molar-refractivity contribution in [1.82, 2.24) is 24.8 Å². The number of nitrogens with one attached hydrogen (secondary N) is 1. The van der Waals surface area contributed by atoms with Crippen molar-refractivity contribution in [2.75, 3.05) is 20.1 Å². The van der Waals surface area contributed by atoms with Gasteiger partial charge in [-0.15, -0.1) is 0 Å². The van der Waals surface area contributed by atoms with Crippen LogP contribution in [0.5, 0.6) is 5.75 Å². The van der Waals surface area contributed by atoms with Crippen LogP contribution in [-0.4, -0.2) is 50.7 Å². The van der Waals surface area contributed by atoms with E-state index < -0.39 is 23.0 Å². The number of aryl methyl sites for hydroxylation is 2. The van der Waals surface area contributed by atoms with E-state index in [0.29, 0.717) is 24.2 Å². The van der Waals surface area contributed by atoms with Crippen LogP contribution in [0.3, 0.4) is 0 Å². The van der Waals surface area contributed by atoms with Crippen LogP contribution in [0.4, 0.5) is 13.2 Å². The summed E-state index contributed by atoms with van der Waals surface area (Å²) >= 11 is 0. The Labute approximate surface area is 224 Å². The van der Waals surface area contributed by atoms with Crippen LogP contribution < -0.4 is 10.9 Å². The Bertz CT molecular complexity index is 1570. The number of alkyl halides is 3. The summed E-state index contributed by atoms with van der Waals surface area (Å²) in [7, 11) is 1.98.